The molecule has 0 radical (unpaired) electrons. The second-order valence-electron chi connectivity index (χ2n) is 8.04. The summed E-state index contributed by atoms with van der Waals surface area (Å²) in [5.41, 5.74) is 4.07. The molecule has 2 aliphatic rings. The molecule has 2 aliphatic heterocycles. The second kappa shape index (κ2) is 8.16. The van der Waals surface area contributed by atoms with Crippen LogP contribution in [0.25, 0.3) is 0 Å². The molecule has 164 valence electrons. The highest BCUT2D eigenvalue weighted by Gasteiger charge is 2.54. The van der Waals surface area contributed by atoms with Gasteiger partial charge in [0.1, 0.15) is 11.9 Å². The highest BCUT2D eigenvalue weighted by atomic mass is 35.5. The first kappa shape index (κ1) is 21.4. The molecule has 33 heavy (non-hydrogen) atoms. The minimum atomic E-state index is -0.766. The summed E-state index contributed by atoms with van der Waals surface area (Å²) in [6.45, 7) is 0.387. The lowest BCUT2D eigenvalue weighted by Crippen LogP contribution is -2.64. The number of methoxy groups -OCH3 is 1. The van der Waals surface area contributed by atoms with Crippen molar-refractivity contribution in [1.29, 1.82) is 0 Å². The highest BCUT2D eigenvalue weighted by Crippen LogP contribution is 2.57. The highest BCUT2D eigenvalue weighted by molar-refractivity contribution is 6.31. The van der Waals surface area contributed by atoms with Crippen molar-refractivity contribution in [2.45, 2.75) is 18.2 Å². The second-order valence-corrected chi connectivity index (χ2v) is 8.91. The number of fused-ring (bicyclic) bond motifs is 6. The molecule has 6 heteroatoms. The fourth-order valence-electron chi connectivity index (χ4n) is 4.98. The first-order chi connectivity index (χ1) is 16.0. The molecule has 0 spiro atoms. The maximum Gasteiger partial charge on any atom is 0.152 e. The van der Waals surface area contributed by atoms with Gasteiger partial charge in [0.05, 0.1) is 20.1 Å². The van der Waals surface area contributed by atoms with E-state index in [1.54, 1.807) is 7.11 Å². The van der Waals surface area contributed by atoms with Crippen molar-refractivity contribution in [3.05, 3.63) is 81.8 Å². The van der Waals surface area contributed by atoms with Crippen LogP contribution in [0.1, 0.15) is 23.7 Å². The first-order valence-corrected chi connectivity index (χ1v) is 11.2. The summed E-state index contributed by atoms with van der Waals surface area (Å²) < 4.78 is 5.54. The van der Waals surface area contributed by atoms with Crippen LogP contribution in [0.15, 0.2) is 60.7 Å². The molecule has 2 heterocycles. The number of ether oxygens (including phenoxy) is 1. The van der Waals surface area contributed by atoms with Crippen molar-refractivity contribution in [1.82, 2.24) is 0 Å². The van der Waals surface area contributed by atoms with Gasteiger partial charge in [-0.15, -0.1) is 18.8 Å². The zero-order chi connectivity index (χ0) is 23.2. The maximum absolute atomic E-state index is 6.51. The smallest absolute Gasteiger partial charge is 0.152 e. The van der Waals surface area contributed by atoms with Crippen molar-refractivity contribution in [3.8, 4) is 30.4 Å². The standard InChI is InChI=1S/C27H21Cl2N3O/c1-4-13-27-23-16-19(29)10-12-25(23)31(14-5-2)26(22-15-18(28)9-11-24(22)30-27)32(27)20-7-6-8-21(17-20)33-3/h1-2,6-12,15-17,26,30H,13-14H2,3H3. The number of hydrogen-bond donors (Lipinski definition) is 1. The predicted octanol–water partition coefficient (Wildman–Crippen LogP) is 6.26. The number of halogens is 2. The van der Waals surface area contributed by atoms with Gasteiger partial charge < -0.3 is 19.9 Å². The van der Waals surface area contributed by atoms with Gasteiger partial charge in [-0.05, 0) is 48.5 Å². The molecule has 0 saturated heterocycles. The normalized spacial score (nSPS) is 20.1. The SMILES string of the molecule is C#CCN1c2ccc(Cl)cc2C2(CC#C)Nc3ccc(Cl)cc3C1N2c1cccc(OC)c1. The third kappa shape index (κ3) is 3.26. The van der Waals surface area contributed by atoms with E-state index in [9.17, 15) is 0 Å². The number of rotatable bonds is 4. The van der Waals surface area contributed by atoms with Gasteiger partial charge in [0, 0.05) is 44.3 Å². The van der Waals surface area contributed by atoms with Crippen LogP contribution >= 0.6 is 23.2 Å². The monoisotopic (exact) mass is 473 g/mol. The van der Waals surface area contributed by atoms with Crippen molar-refractivity contribution in [2.24, 2.45) is 0 Å². The zero-order valence-corrected chi connectivity index (χ0v) is 19.5. The van der Waals surface area contributed by atoms with Gasteiger partial charge in [-0.25, -0.2) is 0 Å². The van der Waals surface area contributed by atoms with E-state index in [4.69, 9.17) is 40.8 Å². The van der Waals surface area contributed by atoms with E-state index in [0.29, 0.717) is 23.0 Å². The Bertz CT molecular complexity index is 1330. The van der Waals surface area contributed by atoms with Crippen molar-refractivity contribution >= 4 is 40.3 Å². The predicted molar refractivity (Wildman–Crippen MR) is 136 cm³/mol. The van der Waals surface area contributed by atoms with E-state index in [-0.39, 0.29) is 6.17 Å². The average molecular weight is 474 g/mol. The average Bonchev–Trinajstić information content (AvgIpc) is 2.82. The Hall–Kier alpha value is -3.44. The van der Waals surface area contributed by atoms with E-state index in [2.05, 4.69) is 27.0 Å². The van der Waals surface area contributed by atoms with Gasteiger partial charge >= 0.3 is 0 Å². The number of benzene rings is 3. The third-order valence-electron chi connectivity index (χ3n) is 6.25. The largest absolute Gasteiger partial charge is 0.497 e. The molecule has 0 fully saturated rings. The lowest BCUT2D eigenvalue weighted by molar-refractivity contribution is 0.365. The quantitative estimate of drug-likeness (QED) is 0.452. The zero-order valence-electron chi connectivity index (χ0n) is 18.0. The van der Waals surface area contributed by atoms with E-state index in [0.717, 1.165) is 33.9 Å². The van der Waals surface area contributed by atoms with Crippen molar-refractivity contribution in [3.63, 3.8) is 0 Å². The molecule has 0 aliphatic carbocycles. The molecule has 1 N–H and O–H groups in total. The van der Waals surface area contributed by atoms with Crippen LogP contribution in [0.2, 0.25) is 10.0 Å². The number of hydrogen-bond acceptors (Lipinski definition) is 4. The molecule has 0 amide bonds. The first-order valence-electron chi connectivity index (χ1n) is 10.5. The number of anilines is 3. The minimum Gasteiger partial charge on any atom is -0.497 e. The summed E-state index contributed by atoms with van der Waals surface area (Å²) in [6, 6.07) is 19.6. The Kier molecular flexibility index (Phi) is 5.29. The number of terminal acetylenes is 2. The fourth-order valence-corrected chi connectivity index (χ4v) is 5.33. The summed E-state index contributed by atoms with van der Waals surface area (Å²) in [5, 5.41) is 5.02. The fraction of sp³-hybridized carbons (Fsp3) is 0.185. The van der Waals surface area contributed by atoms with Crippen LogP contribution in [-0.4, -0.2) is 13.7 Å². The van der Waals surface area contributed by atoms with Crippen LogP contribution in [0.3, 0.4) is 0 Å². The molecule has 2 unspecified atom stereocenters. The third-order valence-corrected chi connectivity index (χ3v) is 6.72. The maximum atomic E-state index is 6.51. The Morgan fingerprint density at radius 1 is 1.03 bits per heavy atom. The van der Waals surface area contributed by atoms with E-state index >= 15 is 0 Å². The summed E-state index contributed by atoms with van der Waals surface area (Å²) in [6.07, 6.45) is 12.0. The molecule has 4 nitrogen and oxygen atoms in total. The lowest BCUT2D eigenvalue weighted by Gasteiger charge is -2.60. The Morgan fingerprint density at radius 3 is 2.58 bits per heavy atom. The lowest BCUT2D eigenvalue weighted by atomic mass is 9.82. The van der Waals surface area contributed by atoms with E-state index in [1.807, 2.05) is 60.7 Å². The molecule has 0 saturated carbocycles. The van der Waals surface area contributed by atoms with Crippen molar-refractivity contribution < 1.29 is 4.74 Å². The minimum absolute atomic E-state index is 0.259. The Labute approximate surface area is 204 Å². The Morgan fingerprint density at radius 2 is 1.82 bits per heavy atom. The molecule has 2 bridgehead atoms. The van der Waals surface area contributed by atoms with E-state index in [1.165, 1.54) is 0 Å². The van der Waals surface area contributed by atoms with Crippen LogP contribution in [0.5, 0.6) is 5.75 Å². The molecular weight excluding hydrogens is 453 g/mol. The molecule has 3 aromatic carbocycles. The van der Waals surface area contributed by atoms with Gasteiger partial charge in [0.2, 0.25) is 0 Å². The molecular formula is C27H21Cl2N3O. The van der Waals surface area contributed by atoms with Gasteiger partial charge in [-0.3, -0.25) is 0 Å². The summed E-state index contributed by atoms with van der Waals surface area (Å²) in [5.74, 6) is 6.47. The molecule has 2 atom stereocenters. The Balaban J connectivity index is 1.89. The number of nitrogens with one attached hydrogen (secondary N) is 1. The van der Waals surface area contributed by atoms with Gasteiger partial charge in [0.15, 0.2) is 5.66 Å². The number of nitrogens with zero attached hydrogens (tertiary/aromatic N) is 2. The van der Waals surface area contributed by atoms with Crippen LogP contribution in [0, 0.1) is 24.7 Å². The summed E-state index contributed by atoms with van der Waals surface area (Å²) in [7, 11) is 1.65. The summed E-state index contributed by atoms with van der Waals surface area (Å²) in [4.78, 5) is 4.46. The summed E-state index contributed by atoms with van der Waals surface area (Å²) >= 11 is 13.0. The van der Waals surface area contributed by atoms with Crippen LogP contribution in [-0.2, 0) is 5.66 Å². The van der Waals surface area contributed by atoms with Crippen molar-refractivity contribution in [2.75, 3.05) is 28.8 Å². The molecule has 0 aromatic heterocycles. The topological polar surface area (TPSA) is 27.7 Å². The van der Waals surface area contributed by atoms with E-state index < -0.39 is 5.66 Å². The van der Waals surface area contributed by atoms with Gasteiger partial charge in [-0.2, -0.15) is 0 Å². The van der Waals surface area contributed by atoms with Crippen LogP contribution < -0.4 is 19.9 Å². The van der Waals surface area contributed by atoms with Crippen LogP contribution in [0.4, 0.5) is 17.1 Å². The molecule has 3 aromatic rings. The van der Waals surface area contributed by atoms with Gasteiger partial charge in [0.25, 0.3) is 0 Å². The molecule has 5 rings (SSSR count). The van der Waals surface area contributed by atoms with Gasteiger partial charge in [-0.1, -0.05) is 35.2 Å².